The van der Waals surface area contributed by atoms with Gasteiger partial charge in [-0.1, -0.05) is 13.5 Å². The number of aryl methyl sites for hydroxylation is 2. The van der Waals surface area contributed by atoms with Gasteiger partial charge in [0.15, 0.2) is 0 Å². The van der Waals surface area contributed by atoms with Crippen molar-refractivity contribution in [3.63, 3.8) is 0 Å². The molecule has 0 spiro atoms. The minimum absolute atomic E-state index is 0.622. The van der Waals surface area contributed by atoms with Crippen LogP contribution in [0, 0.1) is 6.92 Å². The average Bonchev–Trinajstić information content (AvgIpc) is 2.61. The monoisotopic (exact) mass is 341 g/mol. The normalized spacial score (nSPS) is 10.6. The molecule has 0 saturated carbocycles. The zero-order valence-electron chi connectivity index (χ0n) is 15.8. The van der Waals surface area contributed by atoms with Crippen molar-refractivity contribution in [2.75, 3.05) is 32.7 Å². The zero-order chi connectivity index (χ0) is 18.4. The highest BCUT2D eigenvalue weighted by Crippen LogP contribution is 2.31. The van der Waals surface area contributed by atoms with Crippen molar-refractivity contribution < 1.29 is 9.47 Å². The third-order valence-corrected chi connectivity index (χ3v) is 3.99. The number of methoxy groups -OCH3 is 2. The molecule has 0 aliphatic heterocycles. The van der Waals surface area contributed by atoms with E-state index in [-0.39, 0.29) is 0 Å². The Hall–Kier alpha value is -2.40. The highest BCUT2D eigenvalue weighted by molar-refractivity contribution is 5.77. The molecule has 2 heterocycles. The summed E-state index contributed by atoms with van der Waals surface area (Å²) in [5, 5.41) is 3.38. The van der Waals surface area contributed by atoms with E-state index < -0.39 is 0 Å². The lowest BCUT2D eigenvalue weighted by Crippen LogP contribution is -2.11. The van der Waals surface area contributed by atoms with Gasteiger partial charge in [0.1, 0.15) is 0 Å². The lowest BCUT2D eigenvalue weighted by molar-refractivity contribution is 0.211. The number of nitrogens with one attached hydrogen (secondary N) is 1. The standard InChI is InChI=1S/C20H27N3O2/c1-7-16-15(8-9-18(22-16)25-6)20-14(4)12-17(21-10-11-24-5)19(23-20)13(2)3/h8-9,12,21H,2,7,10-11H2,1,3-6H3. The third-order valence-electron chi connectivity index (χ3n) is 3.99. The summed E-state index contributed by atoms with van der Waals surface area (Å²) >= 11 is 0. The van der Waals surface area contributed by atoms with E-state index in [0.717, 1.165) is 52.4 Å². The molecule has 1 N–H and O–H groups in total. The molecule has 0 unspecified atom stereocenters. The first kappa shape index (κ1) is 18.9. The number of ether oxygens (including phenoxy) is 2. The van der Waals surface area contributed by atoms with Crippen molar-refractivity contribution in [2.45, 2.75) is 27.2 Å². The second-order valence-electron chi connectivity index (χ2n) is 5.95. The summed E-state index contributed by atoms with van der Waals surface area (Å²) in [6, 6.07) is 6.02. The molecule has 134 valence electrons. The number of allylic oxidation sites excluding steroid dienone is 1. The fourth-order valence-electron chi connectivity index (χ4n) is 2.71. The van der Waals surface area contributed by atoms with Crippen LogP contribution >= 0.6 is 0 Å². The van der Waals surface area contributed by atoms with Crippen LogP contribution in [0.2, 0.25) is 0 Å². The fraction of sp³-hybridized carbons (Fsp3) is 0.400. The van der Waals surface area contributed by atoms with Gasteiger partial charge in [0.25, 0.3) is 0 Å². The Labute approximate surface area is 150 Å². The first-order valence-corrected chi connectivity index (χ1v) is 8.46. The molecule has 25 heavy (non-hydrogen) atoms. The van der Waals surface area contributed by atoms with E-state index in [4.69, 9.17) is 14.5 Å². The van der Waals surface area contributed by atoms with Gasteiger partial charge in [0.05, 0.1) is 36.5 Å². The zero-order valence-corrected chi connectivity index (χ0v) is 15.8. The first-order valence-electron chi connectivity index (χ1n) is 8.46. The highest BCUT2D eigenvalue weighted by atomic mass is 16.5. The van der Waals surface area contributed by atoms with Gasteiger partial charge in [-0.25, -0.2) is 9.97 Å². The van der Waals surface area contributed by atoms with Gasteiger partial charge in [-0.15, -0.1) is 0 Å². The molecule has 5 nitrogen and oxygen atoms in total. The summed E-state index contributed by atoms with van der Waals surface area (Å²) in [5.74, 6) is 0.622. The summed E-state index contributed by atoms with van der Waals surface area (Å²) in [4.78, 5) is 9.47. The van der Waals surface area contributed by atoms with Crippen LogP contribution in [0.5, 0.6) is 5.88 Å². The van der Waals surface area contributed by atoms with E-state index in [0.29, 0.717) is 12.5 Å². The molecule has 0 aliphatic rings. The Morgan fingerprint density at radius 3 is 2.60 bits per heavy atom. The van der Waals surface area contributed by atoms with E-state index >= 15 is 0 Å². The number of hydrogen-bond donors (Lipinski definition) is 1. The van der Waals surface area contributed by atoms with Crippen LogP contribution < -0.4 is 10.1 Å². The van der Waals surface area contributed by atoms with Crippen LogP contribution in [0.15, 0.2) is 24.8 Å². The molecule has 5 heteroatoms. The van der Waals surface area contributed by atoms with Gasteiger partial charge in [-0.2, -0.15) is 0 Å². The predicted molar refractivity (Wildman–Crippen MR) is 103 cm³/mol. The van der Waals surface area contributed by atoms with Crippen LogP contribution in [0.25, 0.3) is 16.8 Å². The second-order valence-corrected chi connectivity index (χ2v) is 5.95. The number of rotatable bonds is 8. The van der Waals surface area contributed by atoms with Gasteiger partial charge >= 0.3 is 0 Å². The van der Waals surface area contributed by atoms with Crippen LogP contribution in [-0.2, 0) is 11.2 Å². The molecular formula is C20H27N3O2. The molecule has 0 atom stereocenters. The summed E-state index contributed by atoms with van der Waals surface area (Å²) in [5.41, 5.74) is 6.80. The topological polar surface area (TPSA) is 56.3 Å². The largest absolute Gasteiger partial charge is 0.481 e. The number of pyridine rings is 2. The number of anilines is 1. The molecule has 2 aromatic heterocycles. The molecular weight excluding hydrogens is 314 g/mol. The molecule has 0 fully saturated rings. The Morgan fingerprint density at radius 2 is 2.00 bits per heavy atom. The maximum Gasteiger partial charge on any atom is 0.213 e. The van der Waals surface area contributed by atoms with Crippen LogP contribution in [0.3, 0.4) is 0 Å². The Bertz CT molecular complexity index is 757. The summed E-state index contributed by atoms with van der Waals surface area (Å²) in [7, 11) is 3.32. The molecule has 0 radical (unpaired) electrons. The maximum absolute atomic E-state index is 5.25. The van der Waals surface area contributed by atoms with Crippen molar-refractivity contribution >= 4 is 11.3 Å². The average molecular weight is 341 g/mol. The summed E-state index contributed by atoms with van der Waals surface area (Å²) in [6.07, 6.45) is 0.809. The maximum atomic E-state index is 5.25. The quantitative estimate of drug-likeness (QED) is 0.732. The van der Waals surface area contributed by atoms with Gasteiger partial charge in [-0.3, -0.25) is 0 Å². The number of nitrogens with zero attached hydrogens (tertiary/aromatic N) is 2. The second kappa shape index (κ2) is 8.62. The van der Waals surface area contributed by atoms with Gasteiger partial charge in [-0.05, 0) is 43.5 Å². The lowest BCUT2D eigenvalue weighted by atomic mass is 10.0. The Balaban J connectivity index is 2.52. The smallest absolute Gasteiger partial charge is 0.213 e. The fourth-order valence-corrected chi connectivity index (χ4v) is 2.71. The lowest BCUT2D eigenvalue weighted by Gasteiger charge is -2.17. The molecule has 0 amide bonds. The van der Waals surface area contributed by atoms with Crippen molar-refractivity contribution in [3.05, 3.63) is 41.7 Å². The SMILES string of the molecule is C=C(C)c1nc(-c2ccc(OC)nc2CC)c(C)cc1NCCOC. The van der Waals surface area contributed by atoms with E-state index in [1.807, 2.05) is 19.1 Å². The van der Waals surface area contributed by atoms with Gasteiger partial charge < -0.3 is 14.8 Å². The van der Waals surface area contributed by atoms with E-state index in [2.05, 4.69) is 36.8 Å². The molecule has 0 aliphatic carbocycles. The minimum atomic E-state index is 0.622. The Kier molecular flexibility index (Phi) is 6.53. The highest BCUT2D eigenvalue weighted by Gasteiger charge is 2.15. The molecule has 2 rings (SSSR count). The summed E-state index contributed by atoms with van der Waals surface area (Å²) < 4.78 is 10.4. The van der Waals surface area contributed by atoms with Crippen LogP contribution in [0.4, 0.5) is 5.69 Å². The minimum Gasteiger partial charge on any atom is -0.481 e. The molecule has 0 bridgehead atoms. The number of aromatic nitrogens is 2. The van der Waals surface area contributed by atoms with Crippen LogP contribution in [-0.4, -0.2) is 37.3 Å². The van der Waals surface area contributed by atoms with Crippen molar-refractivity contribution in [1.82, 2.24) is 9.97 Å². The van der Waals surface area contributed by atoms with Crippen molar-refractivity contribution in [3.8, 4) is 17.1 Å². The van der Waals surface area contributed by atoms with E-state index in [1.165, 1.54) is 0 Å². The van der Waals surface area contributed by atoms with Crippen molar-refractivity contribution in [1.29, 1.82) is 0 Å². The van der Waals surface area contributed by atoms with Gasteiger partial charge in [0.2, 0.25) is 5.88 Å². The third kappa shape index (κ3) is 4.37. The molecule has 0 aromatic carbocycles. The van der Waals surface area contributed by atoms with Crippen LogP contribution in [0.1, 0.15) is 30.8 Å². The van der Waals surface area contributed by atoms with E-state index in [1.54, 1.807) is 14.2 Å². The van der Waals surface area contributed by atoms with Crippen molar-refractivity contribution in [2.24, 2.45) is 0 Å². The van der Waals surface area contributed by atoms with E-state index in [9.17, 15) is 0 Å². The predicted octanol–water partition coefficient (Wildman–Crippen LogP) is 4.11. The Morgan fingerprint density at radius 1 is 1.24 bits per heavy atom. The summed E-state index contributed by atoms with van der Waals surface area (Å²) in [6.45, 7) is 11.6. The number of hydrogen-bond acceptors (Lipinski definition) is 5. The van der Waals surface area contributed by atoms with Gasteiger partial charge in [0, 0.05) is 25.3 Å². The first-order chi connectivity index (χ1) is 12.0. The molecule has 2 aromatic rings. The molecule has 0 saturated heterocycles.